The highest BCUT2D eigenvalue weighted by Gasteiger charge is 2.50. The first-order valence-electron chi connectivity index (χ1n) is 8.84. The maximum atomic E-state index is 13.6. The number of amides is 2. The van der Waals surface area contributed by atoms with Crippen molar-refractivity contribution in [1.82, 2.24) is 15.8 Å². The van der Waals surface area contributed by atoms with Gasteiger partial charge >= 0.3 is 0 Å². The highest BCUT2D eigenvalue weighted by molar-refractivity contribution is 6.33. The second kappa shape index (κ2) is 6.32. The van der Waals surface area contributed by atoms with Crippen molar-refractivity contribution in [1.29, 1.82) is 0 Å². The maximum Gasteiger partial charge on any atom is 0.265 e. The summed E-state index contributed by atoms with van der Waals surface area (Å²) in [5.74, 6) is -2.34. The molecule has 3 heterocycles. The van der Waals surface area contributed by atoms with Crippen molar-refractivity contribution in [2.45, 2.75) is 6.04 Å². The van der Waals surface area contributed by atoms with Gasteiger partial charge in [0, 0.05) is 5.39 Å². The molecule has 7 nitrogen and oxygen atoms in total. The Labute approximate surface area is 163 Å². The molecule has 142 valence electrons. The van der Waals surface area contributed by atoms with E-state index < -0.39 is 29.5 Å². The van der Waals surface area contributed by atoms with Crippen LogP contribution in [0.3, 0.4) is 0 Å². The van der Waals surface area contributed by atoms with E-state index in [0.717, 1.165) is 16.4 Å². The number of hydrogen-bond acceptors (Lipinski definition) is 6. The molecular formula is C21H13FN4O3. The van der Waals surface area contributed by atoms with E-state index >= 15 is 0 Å². The van der Waals surface area contributed by atoms with Crippen molar-refractivity contribution in [2.75, 3.05) is 4.90 Å². The van der Waals surface area contributed by atoms with E-state index in [-0.39, 0.29) is 22.7 Å². The molecule has 1 atom stereocenters. The number of hydrazine groups is 1. The predicted molar refractivity (Wildman–Crippen MR) is 102 cm³/mol. The van der Waals surface area contributed by atoms with E-state index in [9.17, 15) is 18.8 Å². The fraction of sp³-hybridized carbons (Fsp3) is 0.0476. The molecule has 2 amide bonds. The van der Waals surface area contributed by atoms with E-state index in [1.54, 1.807) is 18.2 Å². The lowest BCUT2D eigenvalue weighted by Gasteiger charge is -2.16. The SMILES string of the molecule is O=C(C1=C2C(=O)N(c3cccc(F)c3)C(=O)[C@H]2NN1)c1ccc2ccccc2n1. The minimum Gasteiger partial charge on any atom is -0.316 e. The summed E-state index contributed by atoms with van der Waals surface area (Å²) in [6, 6.07) is 14.8. The lowest BCUT2D eigenvalue weighted by atomic mass is 10.0. The molecule has 0 unspecified atom stereocenters. The van der Waals surface area contributed by atoms with Gasteiger partial charge in [0.05, 0.1) is 16.8 Å². The molecule has 8 heteroatoms. The van der Waals surface area contributed by atoms with E-state index in [1.807, 2.05) is 18.2 Å². The third kappa shape index (κ3) is 2.61. The van der Waals surface area contributed by atoms with Crippen LogP contribution in [0.5, 0.6) is 0 Å². The van der Waals surface area contributed by atoms with Crippen LogP contribution in [0, 0.1) is 5.82 Å². The number of nitrogens with zero attached hydrogens (tertiary/aromatic N) is 2. The fourth-order valence-corrected chi connectivity index (χ4v) is 3.55. The number of hydrogen-bond donors (Lipinski definition) is 2. The number of allylic oxidation sites excluding steroid dienone is 1. The first kappa shape index (κ1) is 17.2. The number of anilines is 1. The molecule has 0 saturated carbocycles. The van der Waals surface area contributed by atoms with Crippen molar-refractivity contribution in [3.8, 4) is 0 Å². The van der Waals surface area contributed by atoms with Crippen LogP contribution in [0.2, 0.25) is 0 Å². The zero-order valence-corrected chi connectivity index (χ0v) is 14.8. The lowest BCUT2D eigenvalue weighted by Crippen LogP contribution is -2.42. The van der Waals surface area contributed by atoms with Crippen molar-refractivity contribution < 1.29 is 18.8 Å². The van der Waals surface area contributed by atoms with Crippen molar-refractivity contribution in [3.05, 3.63) is 83.4 Å². The van der Waals surface area contributed by atoms with Gasteiger partial charge in [0.2, 0.25) is 5.78 Å². The van der Waals surface area contributed by atoms with Crippen LogP contribution in [0.1, 0.15) is 10.5 Å². The first-order chi connectivity index (χ1) is 14.0. The number of halogens is 1. The number of carbonyl (C=O) groups is 3. The summed E-state index contributed by atoms with van der Waals surface area (Å²) in [5.41, 5.74) is 6.18. The molecule has 2 aliphatic rings. The van der Waals surface area contributed by atoms with Crippen LogP contribution in [0.25, 0.3) is 10.9 Å². The standard InChI is InChI=1S/C21H13FN4O3/c22-12-5-3-6-13(10-12)26-20(28)16-17(24-25-18(16)21(26)29)19(27)15-9-8-11-4-1-2-7-14(11)23-15/h1-10,18,24-25H/t18-/m0/s1. The summed E-state index contributed by atoms with van der Waals surface area (Å²) >= 11 is 0. The Balaban J connectivity index is 1.56. The van der Waals surface area contributed by atoms with E-state index in [0.29, 0.717) is 5.52 Å². The fourth-order valence-electron chi connectivity index (χ4n) is 3.55. The Morgan fingerprint density at radius 2 is 1.86 bits per heavy atom. The van der Waals surface area contributed by atoms with E-state index in [4.69, 9.17) is 0 Å². The highest BCUT2D eigenvalue weighted by atomic mass is 19.1. The van der Waals surface area contributed by atoms with Crippen LogP contribution in [-0.2, 0) is 9.59 Å². The summed E-state index contributed by atoms with van der Waals surface area (Å²) in [7, 11) is 0. The molecule has 1 fully saturated rings. The van der Waals surface area contributed by atoms with Crippen LogP contribution in [0.4, 0.5) is 10.1 Å². The molecule has 1 saturated heterocycles. The Bertz CT molecular complexity index is 1250. The molecule has 2 aliphatic heterocycles. The summed E-state index contributed by atoms with van der Waals surface area (Å²) in [6.45, 7) is 0. The molecule has 0 aliphatic carbocycles. The zero-order chi connectivity index (χ0) is 20.1. The number of rotatable bonds is 3. The van der Waals surface area contributed by atoms with Gasteiger partial charge in [-0.3, -0.25) is 14.4 Å². The second-order valence-corrected chi connectivity index (χ2v) is 6.67. The van der Waals surface area contributed by atoms with Gasteiger partial charge in [0.15, 0.2) is 0 Å². The largest absolute Gasteiger partial charge is 0.316 e. The predicted octanol–water partition coefficient (Wildman–Crippen LogP) is 1.86. The molecular weight excluding hydrogens is 375 g/mol. The number of nitrogens with one attached hydrogen (secondary N) is 2. The maximum absolute atomic E-state index is 13.6. The quantitative estimate of drug-likeness (QED) is 0.526. The lowest BCUT2D eigenvalue weighted by molar-refractivity contribution is -0.121. The number of aromatic nitrogens is 1. The molecule has 2 N–H and O–H groups in total. The molecule has 2 aromatic carbocycles. The first-order valence-corrected chi connectivity index (χ1v) is 8.84. The monoisotopic (exact) mass is 388 g/mol. The summed E-state index contributed by atoms with van der Waals surface area (Å²) in [4.78, 5) is 43.9. The Morgan fingerprint density at radius 1 is 1.03 bits per heavy atom. The number of fused-ring (bicyclic) bond motifs is 2. The third-order valence-corrected chi connectivity index (χ3v) is 4.92. The van der Waals surface area contributed by atoms with Crippen molar-refractivity contribution in [2.24, 2.45) is 0 Å². The summed E-state index contributed by atoms with van der Waals surface area (Å²) in [6.07, 6.45) is 0. The number of ketones is 1. The topological polar surface area (TPSA) is 91.4 Å². The molecule has 0 spiro atoms. The van der Waals surface area contributed by atoms with E-state index in [1.165, 1.54) is 18.2 Å². The molecule has 5 rings (SSSR count). The van der Waals surface area contributed by atoms with Gasteiger partial charge in [0.25, 0.3) is 11.8 Å². The van der Waals surface area contributed by atoms with Crippen LogP contribution in [-0.4, -0.2) is 28.6 Å². The number of pyridine rings is 1. The van der Waals surface area contributed by atoms with Gasteiger partial charge < -0.3 is 5.43 Å². The van der Waals surface area contributed by atoms with Crippen LogP contribution < -0.4 is 15.8 Å². The number of Topliss-reactive ketones (excluding diaryl/α,β-unsaturated/α-hetero) is 1. The number of benzene rings is 2. The Kier molecular flexibility index (Phi) is 3.75. The van der Waals surface area contributed by atoms with E-state index in [2.05, 4.69) is 15.8 Å². The molecule has 0 bridgehead atoms. The Hall–Kier alpha value is -3.91. The number of carbonyl (C=O) groups excluding carboxylic acids is 3. The molecule has 0 radical (unpaired) electrons. The number of imide groups is 1. The normalized spacial score (nSPS) is 18.4. The van der Waals surface area contributed by atoms with Gasteiger partial charge in [-0.25, -0.2) is 19.7 Å². The van der Waals surface area contributed by atoms with Gasteiger partial charge in [-0.05, 0) is 30.3 Å². The van der Waals surface area contributed by atoms with Crippen molar-refractivity contribution >= 4 is 34.2 Å². The molecule has 3 aromatic rings. The van der Waals surface area contributed by atoms with Crippen LogP contribution >= 0.6 is 0 Å². The van der Waals surface area contributed by atoms with Crippen molar-refractivity contribution in [3.63, 3.8) is 0 Å². The molecule has 29 heavy (non-hydrogen) atoms. The smallest absolute Gasteiger partial charge is 0.265 e. The average Bonchev–Trinajstić information content (AvgIpc) is 3.27. The van der Waals surface area contributed by atoms with Gasteiger partial charge in [-0.2, -0.15) is 0 Å². The zero-order valence-electron chi connectivity index (χ0n) is 14.8. The minimum atomic E-state index is -1.02. The van der Waals surface area contributed by atoms with Gasteiger partial charge in [-0.15, -0.1) is 0 Å². The average molecular weight is 388 g/mol. The highest BCUT2D eigenvalue weighted by Crippen LogP contribution is 2.31. The number of para-hydroxylation sites is 1. The minimum absolute atomic E-state index is 0.000722. The second-order valence-electron chi connectivity index (χ2n) is 6.67. The van der Waals surface area contributed by atoms with Crippen LogP contribution in [0.15, 0.2) is 71.9 Å². The van der Waals surface area contributed by atoms with Gasteiger partial charge in [-0.1, -0.05) is 30.3 Å². The van der Waals surface area contributed by atoms with Gasteiger partial charge in [0.1, 0.15) is 23.3 Å². The molecule has 1 aromatic heterocycles. The third-order valence-electron chi connectivity index (χ3n) is 4.92. The summed E-state index contributed by atoms with van der Waals surface area (Å²) < 4.78 is 13.6. The Morgan fingerprint density at radius 3 is 2.69 bits per heavy atom. The summed E-state index contributed by atoms with van der Waals surface area (Å²) in [5, 5.41) is 0.876.